The lowest BCUT2D eigenvalue weighted by atomic mass is 9.49. The van der Waals surface area contributed by atoms with Crippen molar-refractivity contribution in [2.45, 2.75) is 84.3 Å². The molecule has 1 unspecified atom stereocenters. The number of nitrogens with one attached hydrogen (secondary N) is 2. The highest BCUT2D eigenvalue weighted by molar-refractivity contribution is 7.80. The predicted octanol–water partition coefficient (Wildman–Crippen LogP) is 8.07. The molecule has 234 valence electrons. The van der Waals surface area contributed by atoms with Crippen molar-refractivity contribution >= 4 is 48.1 Å². The third kappa shape index (κ3) is 6.57. The van der Waals surface area contributed by atoms with Crippen molar-refractivity contribution in [3.63, 3.8) is 0 Å². The highest BCUT2D eigenvalue weighted by atomic mass is 35.5. The summed E-state index contributed by atoms with van der Waals surface area (Å²) >= 11 is 11.8. The molecule has 2 aliphatic rings. The van der Waals surface area contributed by atoms with E-state index in [2.05, 4.69) is 54.8 Å². The molecule has 8 nitrogen and oxygen atoms in total. The van der Waals surface area contributed by atoms with Crippen LogP contribution in [0.4, 0.5) is 0 Å². The second-order valence-corrected chi connectivity index (χ2v) is 15.2. The van der Waals surface area contributed by atoms with Crippen LogP contribution in [0.5, 0.6) is 0 Å². The van der Waals surface area contributed by atoms with Gasteiger partial charge in [-0.2, -0.15) is 0 Å². The fraction of sp³-hybridized carbons (Fsp3) is 0.531. The summed E-state index contributed by atoms with van der Waals surface area (Å²) in [7, 11) is -3.74. The summed E-state index contributed by atoms with van der Waals surface area (Å²) < 4.78 is 25.2. The number of carbonyl (C=O) groups excluding carboxylic acids is 1. The van der Waals surface area contributed by atoms with E-state index in [1.807, 2.05) is 6.92 Å². The molecule has 0 bridgehead atoms. The summed E-state index contributed by atoms with van der Waals surface area (Å²) in [5, 5.41) is 20.3. The first-order valence-electron chi connectivity index (χ1n) is 14.9. The first-order valence-corrected chi connectivity index (χ1v) is 17.3. The Labute approximate surface area is 265 Å². The average molecular weight is 648 g/mol. The van der Waals surface area contributed by atoms with Crippen molar-refractivity contribution in [2.24, 2.45) is 16.5 Å². The van der Waals surface area contributed by atoms with Gasteiger partial charge in [-0.1, -0.05) is 75.1 Å². The Morgan fingerprint density at radius 3 is 2.33 bits per heavy atom. The zero-order valence-electron chi connectivity index (χ0n) is 25.8. The van der Waals surface area contributed by atoms with Gasteiger partial charge >= 0.3 is 7.60 Å². The molecule has 0 aromatic heterocycles. The van der Waals surface area contributed by atoms with E-state index in [1.54, 1.807) is 38.1 Å². The van der Waals surface area contributed by atoms with Crippen LogP contribution in [-0.2, 0) is 23.8 Å². The number of carbonyl (C=O) groups is 1. The minimum Gasteiger partial charge on any atom is -0.411 e. The molecular weight excluding hydrogens is 605 g/mol. The number of halogens is 1. The Morgan fingerprint density at radius 1 is 1.12 bits per heavy atom. The molecular formula is C32H43ClN3O5PS. The number of hydrogen-bond donors (Lipinski definition) is 3. The van der Waals surface area contributed by atoms with Gasteiger partial charge in [-0.25, -0.2) is 0 Å². The maximum Gasteiger partial charge on any atom is 0.357 e. The molecule has 2 aromatic rings. The summed E-state index contributed by atoms with van der Waals surface area (Å²) in [6.45, 7) is 12.3. The van der Waals surface area contributed by atoms with Gasteiger partial charge in [0.2, 0.25) is 5.91 Å². The molecule has 2 aliphatic carbocycles. The first-order chi connectivity index (χ1) is 20.3. The standard InChI is InChI=1S/C32H43ClN3O5PS/c1-7-40-42(39,41-8-2)28(21-10-13-23(33)14-11-21)34-30(43)35-29(37)32(6)17-9-16-31(5)25-15-12-22(20(3)4)18-24(25)26(36-38)19-27(31)32/h10-15,18,20,27-28,38H,7-9,16-17,19H2,1-6H3,(H2,34,35,37,43)/b36-26-/t27-,28?,31-,32-/m1/s1. The van der Waals surface area contributed by atoms with Crippen LogP contribution >= 0.6 is 31.4 Å². The second kappa shape index (κ2) is 13.4. The van der Waals surface area contributed by atoms with Crippen molar-refractivity contribution in [1.29, 1.82) is 0 Å². The smallest absolute Gasteiger partial charge is 0.357 e. The maximum absolute atomic E-state index is 14.2. The summed E-state index contributed by atoms with van der Waals surface area (Å²) in [4.78, 5) is 14.2. The first kappa shape index (κ1) is 33.6. The molecule has 1 fully saturated rings. The van der Waals surface area contributed by atoms with E-state index in [4.69, 9.17) is 32.9 Å². The van der Waals surface area contributed by atoms with E-state index in [0.717, 1.165) is 24.0 Å². The lowest BCUT2D eigenvalue weighted by Crippen LogP contribution is -2.58. The molecule has 0 saturated heterocycles. The molecule has 0 aliphatic heterocycles. The molecule has 4 rings (SSSR count). The normalized spacial score (nSPS) is 25.1. The van der Waals surface area contributed by atoms with Gasteiger partial charge in [-0.05, 0) is 97.5 Å². The molecule has 11 heteroatoms. The lowest BCUT2D eigenvalue weighted by Gasteiger charge is -2.54. The van der Waals surface area contributed by atoms with Gasteiger partial charge in [0.15, 0.2) is 10.9 Å². The molecule has 3 N–H and O–H groups in total. The minimum absolute atomic E-state index is 0.0203. The van der Waals surface area contributed by atoms with Gasteiger partial charge < -0.3 is 24.9 Å². The number of thiocarbonyl (C=S) groups is 1. The molecule has 0 spiro atoms. The third-order valence-electron chi connectivity index (χ3n) is 9.22. The summed E-state index contributed by atoms with van der Waals surface area (Å²) in [6.07, 6.45) is 2.88. The number of nitrogens with zero attached hydrogens (tertiary/aromatic N) is 1. The van der Waals surface area contributed by atoms with E-state index in [0.29, 0.717) is 35.1 Å². The number of hydrogen-bond acceptors (Lipinski definition) is 7. The number of amides is 1. The van der Waals surface area contributed by atoms with Crippen molar-refractivity contribution in [3.8, 4) is 0 Å². The van der Waals surface area contributed by atoms with Gasteiger partial charge in [0.05, 0.1) is 24.3 Å². The maximum atomic E-state index is 14.2. The number of oxime groups is 1. The van der Waals surface area contributed by atoms with Crippen molar-refractivity contribution < 1.29 is 23.6 Å². The van der Waals surface area contributed by atoms with Crippen LogP contribution in [0.2, 0.25) is 5.02 Å². The van der Waals surface area contributed by atoms with Gasteiger partial charge in [0.25, 0.3) is 0 Å². The van der Waals surface area contributed by atoms with E-state index < -0.39 is 18.8 Å². The largest absolute Gasteiger partial charge is 0.411 e. The molecule has 0 radical (unpaired) electrons. The van der Waals surface area contributed by atoms with Gasteiger partial charge in [-0.15, -0.1) is 0 Å². The monoisotopic (exact) mass is 647 g/mol. The van der Waals surface area contributed by atoms with Crippen LogP contribution in [0, 0.1) is 11.3 Å². The zero-order valence-corrected chi connectivity index (χ0v) is 28.2. The van der Waals surface area contributed by atoms with Gasteiger partial charge in [0.1, 0.15) is 0 Å². The highest BCUT2D eigenvalue weighted by Crippen LogP contribution is 2.60. The van der Waals surface area contributed by atoms with Crippen LogP contribution in [0.1, 0.15) is 101 Å². The molecule has 43 heavy (non-hydrogen) atoms. The Kier molecular flexibility index (Phi) is 10.4. The number of benzene rings is 2. The van der Waals surface area contributed by atoms with Crippen LogP contribution in [0.25, 0.3) is 0 Å². The van der Waals surface area contributed by atoms with Crippen LogP contribution in [-0.4, -0.2) is 35.2 Å². The fourth-order valence-electron chi connectivity index (χ4n) is 6.92. The Balaban J connectivity index is 1.63. The quantitative estimate of drug-likeness (QED) is 0.109. The van der Waals surface area contributed by atoms with Crippen molar-refractivity contribution in [1.82, 2.24) is 10.6 Å². The van der Waals surface area contributed by atoms with Gasteiger partial charge in [0, 0.05) is 10.6 Å². The molecule has 2 aromatic carbocycles. The zero-order chi connectivity index (χ0) is 31.6. The van der Waals surface area contributed by atoms with Gasteiger partial charge in [-0.3, -0.25) is 9.36 Å². The van der Waals surface area contributed by atoms with Crippen molar-refractivity contribution in [2.75, 3.05) is 13.2 Å². The van der Waals surface area contributed by atoms with Crippen LogP contribution in [0.3, 0.4) is 0 Å². The van der Waals surface area contributed by atoms with E-state index >= 15 is 0 Å². The topological polar surface area (TPSA) is 109 Å². The second-order valence-electron chi connectivity index (χ2n) is 12.2. The van der Waals surface area contributed by atoms with Crippen LogP contribution in [0.15, 0.2) is 47.6 Å². The Hall–Kier alpha value is -2.29. The average Bonchev–Trinajstić information content (AvgIpc) is 2.96. The van der Waals surface area contributed by atoms with Crippen molar-refractivity contribution in [3.05, 3.63) is 69.7 Å². The summed E-state index contributed by atoms with van der Waals surface area (Å²) in [5.74, 6) is -1.00. The lowest BCUT2D eigenvalue weighted by molar-refractivity contribution is -0.136. The third-order valence-corrected chi connectivity index (χ3v) is 12.0. The molecule has 1 amide bonds. The molecule has 1 saturated carbocycles. The van der Waals surface area contributed by atoms with E-state index in [-0.39, 0.29) is 35.6 Å². The molecule has 4 atom stereocenters. The van der Waals surface area contributed by atoms with E-state index in [1.165, 1.54) is 5.56 Å². The summed E-state index contributed by atoms with van der Waals surface area (Å²) in [6, 6.07) is 13.2. The fourth-order valence-corrected chi connectivity index (χ4v) is 9.26. The number of rotatable bonds is 9. The SMILES string of the molecule is CCOP(=O)(OCC)C(NC(=S)NC(=O)[C@]1(C)CCC[C@]2(C)c3ccc(C(C)C)cc3/C(=N\O)C[C@@H]12)c1ccc(Cl)cc1. The Bertz CT molecular complexity index is 1420. The van der Waals surface area contributed by atoms with E-state index in [9.17, 15) is 14.6 Å². The predicted molar refractivity (Wildman–Crippen MR) is 175 cm³/mol. The Morgan fingerprint density at radius 2 is 1.74 bits per heavy atom. The number of fused-ring (bicyclic) bond motifs is 3. The summed E-state index contributed by atoms with van der Waals surface area (Å²) in [5.41, 5.74) is 3.32. The highest BCUT2D eigenvalue weighted by Gasteiger charge is 2.56. The van der Waals surface area contributed by atoms with Crippen LogP contribution < -0.4 is 10.6 Å². The molecule has 0 heterocycles. The minimum atomic E-state index is -3.74.